The summed E-state index contributed by atoms with van der Waals surface area (Å²) < 4.78 is 38.1. The summed E-state index contributed by atoms with van der Waals surface area (Å²) in [5.74, 6) is -0.911. The molecule has 13 nitrogen and oxygen atoms in total. The van der Waals surface area contributed by atoms with Gasteiger partial charge in [0.2, 0.25) is 0 Å². The fourth-order valence-corrected chi connectivity index (χ4v) is 6.04. The highest BCUT2D eigenvalue weighted by Crippen LogP contribution is 2.50. The molecule has 14 heteroatoms. The molecule has 0 amide bonds. The van der Waals surface area contributed by atoms with Crippen LogP contribution in [0.1, 0.15) is 60.8 Å². The first-order valence-electron chi connectivity index (χ1n) is 12.4. The molecule has 1 unspecified atom stereocenters. The minimum Gasteiger partial charge on any atom is -0.462 e. The lowest BCUT2D eigenvalue weighted by Crippen LogP contribution is -2.57. The number of hydrogen-bond acceptors (Lipinski definition) is 11. The van der Waals surface area contributed by atoms with Crippen LogP contribution in [0.25, 0.3) is 11.2 Å². The number of imidazole rings is 1. The zero-order valence-electron chi connectivity index (χ0n) is 22.2. The Morgan fingerprint density at radius 1 is 1.11 bits per heavy atom. The largest absolute Gasteiger partial charge is 0.462 e. The van der Waals surface area contributed by atoms with Crippen molar-refractivity contribution in [1.29, 1.82) is 0 Å². The number of nitrogen functional groups attached to an aromatic ring is 1. The number of carbonyl (C=O) groups is 2. The van der Waals surface area contributed by atoms with E-state index in [1.54, 1.807) is 45.5 Å². The Balaban J connectivity index is 1.75. The van der Waals surface area contributed by atoms with Gasteiger partial charge < -0.3 is 29.0 Å². The third kappa shape index (κ3) is 7.25. The van der Waals surface area contributed by atoms with Crippen molar-refractivity contribution in [2.75, 3.05) is 12.1 Å². The summed E-state index contributed by atoms with van der Waals surface area (Å²) in [7, 11) is -3.90. The minimum atomic E-state index is -3.90. The summed E-state index contributed by atoms with van der Waals surface area (Å²) in [6, 6.07) is 0. The van der Waals surface area contributed by atoms with Crippen molar-refractivity contribution in [3.8, 4) is 0 Å². The Morgan fingerprint density at radius 3 is 2.38 bits per heavy atom. The number of fused-ring (bicyclic) bond motifs is 1. The van der Waals surface area contributed by atoms with Crippen LogP contribution in [0.4, 0.5) is 5.82 Å². The number of nitrogens with two attached hydrogens (primary N) is 1. The van der Waals surface area contributed by atoms with Crippen molar-refractivity contribution in [2.24, 2.45) is 0 Å². The van der Waals surface area contributed by atoms with Gasteiger partial charge in [0.15, 0.2) is 17.6 Å². The molecule has 206 valence electrons. The van der Waals surface area contributed by atoms with E-state index in [0.29, 0.717) is 30.6 Å². The van der Waals surface area contributed by atoms with Gasteiger partial charge in [0.05, 0.1) is 31.2 Å². The van der Waals surface area contributed by atoms with Crippen LogP contribution >= 0.6 is 7.52 Å². The van der Waals surface area contributed by atoms with Crippen molar-refractivity contribution in [1.82, 2.24) is 24.6 Å². The van der Waals surface area contributed by atoms with Crippen molar-refractivity contribution in [3.05, 3.63) is 12.7 Å². The van der Waals surface area contributed by atoms with Gasteiger partial charge in [0, 0.05) is 0 Å². The maximum absolute atomic E-state index is 14.0. The molecular formula is C23H37N6O7P. The van der Waals surface area contributed by atoms with Gasteiger partial charge in [-0.3, -0.25) is 9.36 Å². The number of rotatable bonds is 13. The van der Waals surface area contributed by atoms with Gasteiger partial charge in [0.25, 0.3) is 7.52 Å². The highest BCUT2D eigenvalue weighted by atomic mass is 31.2. The average Bonchev–Trinajstić information content (AvgIpc) is 3.18. The lowest BCUT2D eigenvalue weighted by Gasteiger charge is -2.42. The Bertz CT molecular complexity index is 1150. The molecule has 1 aliphatic rings. The number of carbonyl (C=O) groups excluding carboxylic acids is 2. The Labute approximate surface area is 216 Å². The summed E-state index contributed by atoms with van der Waals surface area (Å²) in [5.41, 5.74) is 5.68. The van der Waals surface area contributed by atoms with Gasteiger partial charge in [-0.1, -0.05) is 0 Å². The number of nitrogens with one attached hydrogen (secondary N) is 1. The van der Waals surface area contributed by atoms with E-state index in [4.69, 9.17) is 24.5 Å². The first-order chi connectivity index (χ1) is 17.3. The van der Waals surface area contributed by atoms with Crippen molar-refractivity contribution in [2.45, 2.75) is 97.3 Å². The molecule has 3 rings (SSSR count). The third-order valence-corrected chi connectivity index (χ3v) is 7.66. The summed E-state index contributed by atoms with van der Waals surface area (Å²) >= 11 is 0. The molecule has 2 aromatic heterocycles. The molecule has 1 saturated carbocycles. The lowest BCUT2D eigenvalue weighted by molar-refractivity contribution is -0.158. The van der Waals surface area contributed by atoms with E-state index >= 15 is 0 Å². The number of hydrogen-bond donors (Lipinski definition) is 2. The Hall–Kier alpha value is -2.60. The maximum atomic E-state index is 14.0. The summed E-state index contributed by atoms with van der Waals surface area (Å²) in [6.07, 6.45) is 1.78. The van der Waals surface area contributed by atoms with Gasteiger partial charge in [0.1, 0.15) is 23.7 Å². The smallest absolute Gasteiger partial charge is 0.335 e. The molecule has 0 aliphatic heterocycles. The first kappa shape index (κ1) is 29.0. The molecule has 37 heavy (non-hydrogen) atoms. The van der Waals surface area contributed by atoms with Crippen molar-refractivity contribution in [3.63, 3.8) is 0 Å². The highest BCUT2D eigenvalue weighted by Gasteiger charge is 2.51. The van der Waals surface area contributed by atoms with Crippen LogP contribution in [-0.2, 0) is 39.4 Å². The van der Waals surface area contributed by atoms with Crippen molar-refractivity contribution < 1.29 is 32.9 Å². The SMILES string of the molecule is CC(C)OC(=O)[C@H](C)OP(=O)(CO[C@H](C)Cn1cnc2c(N)ncnc21)NC1(C(=O)OC(C)C)CCC1. The normalized spacial score (nSPS) is 18.3. The molecule has 0 spiro atoms. The molecule has 1 aliphatic carbocycles. The molecule has 1 fully saturated rings. The zero-order chi connectivity index (χ0) is 27.4. The number of nitrogens with zero attached hydrogens (tertiary/aromatic N) is 4. The third-order valence-electron chi connectivity index (χ3n) is 5.75. The lowest BCUT2D eigenvalue weighted by atomic mass is 9.78. The van der Waals surface area contributed by atoms with E-state index in [0.717, 1.165) is 6.42 Å². The van der Waals surface area contributed by atoms with Gasteiger partial charge in [-0.15, -0.1) is 0 Å². The van der Waals surface area contributed by atoms with E-state index in [9.17, 15) is 14.2 Å². The molecule has 3 atom stereocenters. The predicted molar refractivity (Wildman–Crippen MR) is 135 cm³/mol. The Morgan fingerprint density at radius 2 is 1.78 bits per heavy atom. The van der Waals surface area contributed by atoms with Crippen LogP contribution in [0.15, 0.2) is 12.7 Å². The second-order valence-corrected chi connectivity index (χ2v) is 11.9. The molecule has 0 radical (unpaired) electrons. The second kappa shape index (κ2) is 11.8. The topological polar surface area (TPSA) is 170 Å². The van der Waals surface area contributed by atoms with E-state index in [-0.39, 0.29) is 18.0 Å². The van der Waals surface area contributed by atoms with Gasteiger partial charge in [-0.25, -0.2) is 24.8 Å². The monoisotopic (exact) mass is 540 g/mol. The van der Waals surface area contributed by atoms with Crippen LogP contribution in [0.3, 0.4) is 0 Å². The van der Waals surface area contributed by atoms with Crippen LogP contribution in [0.2, 0.25) is 0 Å². The van der Waals surface area contributed by atoms with Crippen LogP contribution in [-0.4, -0.2) is 67.8 Å². The standard InChI is InChI=1S/C23H37N6O7P/c1-14(2)34-21(30)17(6)36-37(32,28-23(8-7-9-23)22(31)35-15(3)4)13-33-16(5)10-29-12-27-18-19(24)25-11-26-20(18)29/h11-12,14-17H,7-10,13H2,1-6H3,(H,28,32)(H2,24,25,26)/t16-,17+,37?/m1/s1. The van der Waals surface area contributed by atoms with E-state index in [2.05, 4.69) is 20.0 Å². The molecule has 0 bridgehead atoms. The second-order valence-electron chi connectivity index (χ2n) is 9.84. The molecular weight excluding hydrogens is 503 g/mol. The van der Waals surface area contributed by atoms with Crippen LogP contribution < -0.4 is 10.8 Å². The van der Waals surface area contributed by atoms with E-state index in [1.807, 2.05) is 0 Å². The van der Waals surface area contributed by atoms with Crippen LogP contribution in [0.5, 0.6) is 0 Å². The zero-order valence-corrected chi connectivity index (χ0v) is 23.1. The van der Waals surface area contributed by atoms with Gasteiger partial charge in [-0.2, -0.15) is 0 Å². The Kier molecular flexibility index (Phi) is 9.27. The highest BCUT2D eigenvalue weighted by molar-refractivity contribution is 7.56. The molecule has 3 N–H and O–H groups in total. The average molecular weight is 541 g/mol. The fourth-order valence-electron chi connectivity index (χ4n) is 3.85. The fraction of sp³-hybridized carbons (Fsp3) is 0.696. The molecule has 2 heterocycles. The van der Waals surface area contributed by atoms with Gasteiger partial charge in [-0.05, 0) is 60.8 Å². The minimum absolute atomic E-state index is 0.265. The molecule has 0 saturated heterocycles. The number of esters is 2. The number of anilines is 1. The molecule has 0 aromatic carbocycles. The van der Waals surface area contributed by atoms with Gasteiger partial charge >= 0.3 is 11.9 Å². The maximum Gasteiger partial charge on any atom is 0.335 e. The van der Waals surface area contributed by atoms with Crippen LogP contribution in [0, 0.1) is 0 Å². The predicted octanol–water partition coefficient (Wildman–Crippen LogP) is 2.78. The van der Waals surface area contributed by atoms with E-state index in [1.165, 1.54) is 13.3 Å². The quantitative estimate of drug-likeness (QED) is 0.282. The number of aromatic nitrogens is 4. The summed E-state index contributed by atoms with van der Waals surface area (Å²) in [5, 5.41) is 2.91. The summed E-state index contributed by atoms with van der Waals surface area (Å²) in [4.78, 5) is 37.7. The number of ether oxygens (including phenoxy) is 3. The van der Waals surface area contributed by atoms with Crippen molar-refractivity contribution >= 4 is 36.4 Å². The molecule has 2 aromatic rings. The first-order valence-corrected chi connectivity index (χ1v) is 14.2. The summed E-state index contributed by atoms with van der Waals surface area (Å²) in [6.45, 7) is 10.4. The van der Waals surface area contributed by atoms with E-state index < -0.39 is 43.6 Å².